The van der Waals surface area contributed by atoms with Crippen molar-refractivity contribution in [1.82, 2.24) is 5.09 Å². The maximum absolute atomic E-state index is 14.2. The molecule has 0 radical (unpaired) electrons. The van der Waals surface area contributed by atoms with Crippen LogP contribution >= 0.6 is 7.52 Å². The molecule has 14 heteroatoms. The summed E-state index contributed by atoms with van der Waals surface area (Å²) in [5, 5.41) is 22.4. The van der Waals surface area contributed by atoms with Crippen LogP contribution in [0.2, 0.25) is 0 Å². The number of carboxylic acid groups (broad SMARTS) is 1. The number of hydrogen-bond donors (Lipinski definition) is 3. The molecule has 13 nitrogen and oxygen atoms in total. The molecule has 47 heavy (non-hydrogen) atoms. The minimum atomic E-state index is -4.01. The number of hydrazone groups is 2. The van der Waals surface area contributed by atoms with E-state index in [9.17, 15) is 24.1 Å². The van der Waals surface area contributed by atoms with E-state index in [0.717, 1.165) is 11.1 Å². The quantitative estimate of drug-likeness (QED) is 0.113. The van der Waals surface area contributed by atoms with Crippen molar-refractivity contribution in [2.75, 3.05) is 23.9 Å². The molecule has 1 heterocycles. The molecule has 0 saturated heterocycles. The highest BCUT2D eigenvalue weighted by molar-refractivity contribution is 7.57. The lowest BCUT2D eigenvalue weighted by molar-refractivity contribution is -0.149. The molecule has 1 amide bonds. The first-order valence-electron chi connectivity index (χ1n) is 14.8. The second kappa shape index (κ2) is 14.7. The molecular weight excluding hydrogens is 625 g/mol. The molecule has 1 aliphatic heterocycles. The molecule has 0 bridgehead atoms. The van der Waals surface area contributed by atoms with Crippen molar-refractivity contribution in [3.63, 3.8) is 0 Å². The number of para-hydroxylation sites is 1. The van der Waals surface area contributed by atoms with Crippen LogP contribution in [-0.2, 0) is 23.6 Å². The summed E-state index contributed by atoms with van der Waals surface area (Å²) in [6.07, 6.45) is -0.832. The van der Waals surface area contributed by atoms with E-state index in [1.165, 1.54) is 31.2 Å². The second-order valence-corrected chi connectivity index (χ2v) is 13.3. The van der Waals surface area contributed by atoms with Gasteiger partial charge in [-0.25, -0.2) is 9.88 Å². The van der Waals surface area contributed by atoms with Gasteiger partial charge in [-0.1, -0.05) is 30.3 Å². The van der Waals surface area contributed by atoms with Gasteiger partial charge in [-0.05, 0) is 88.6 Å². The third-order valence-electron chi connectivity index (χ3n) is 7.08. The third kappa shape index (κ3) is 8.31. The Morgan fingerprint density at radius 1 is 1.02 bits per heavy atom. The van der Waals surface area contributed by atoms with Gasteiger partial charge in [-0.15, -0.1) is 0 Å². The number of benzene rings is 3. The predicted molar refractivity (Wildman–Crippen MR) is 180 cm³/mol. The third-order valence-corrected chi connectivity index (χ3v) is 8.94. The van der Waals surface area contributed by atoms with E-state index in [0.29, 0.717) is 22.5 Å². The fraction of sp³-hybridized carbons (Fsp3) is 0.303. The van der Waals surface area contributed by atoms with Crippen molar-refractivity contribution in [2.24, 2.45) is 10.2 Å². The molecule has 3 aromatic carbocycles. The van der Waals surface area contributed by atoms with Crippen LogP contribution in [0.5, 0.6) is 5.75 Å². The zero-order valence-electron chi connectivity index (χ0n) is 27.2. The van der Waals surface area contributed by atoms with E-state index in [1.807, 2.05) is 26.0 Å². The number of hydrogen-bond acceptors (Lipinski definition) is 10. The standard InChI is InChI=1S/C33H38N5O8P/c1-19(2)45-33(42)23(6)37-47(43,18-44-7)46-30-27(24-10-8-11-25(17-24)32(40)41)12-9-13-28(30)34-35-29-22(5)36-38(31(29)39)26-15-14-20(3)21(4)16-26/h8-17,19,23,34H,18H2,1-7H3,(H,37,43)(H,40,41)/b35-29-. The zero-order chi connectivity index (χ0) is 34.5. The van der Waals surface area contributed by atoms with Crippen molar-refractivity contribution in [3.8, 4) is 16.9 Å². The Labute approximate surface area is 273 Å². The van der Waals surface area contributed by atoms with Gasteiger partial charge in [0.15, 0.2) is 11.5 Å². The fourth-order valence-electron chi connectivity index (χ4n) is 4.64. The molecule has 0 fully saturated rings. The number of aromatic carboxylic acids is 1. The van der Waals surface area contributed by atoms with Gasteiger partial charge in [-0.2, -0.15) is 15.2 Å². The molecule has 2 unspecified atom stereocenters. The largest absolute Gasteiger partial charge is 0.478 e. The number of nitrogens with zero attached hydrogens (tertiary/aromatic N) is 3. The van der Waals surface area contributed by atoms with E-state index >= 15 is 0 Å². The number of anilines is 2. The molecular formula is C33H38N5O8P. The van der Waals surface area contributed by atoms with Crippen molar-refractivity contribution in [3.05, 3.63) is 77.4 Å². The molecule has 248 valence electrons. The first-order chi connectivity index (χ1) is 22.2. The van der Waals surface area contributed by atoms with Crippen LogP contribution in [0.1, 0.15) is 49.2 Å². The number of ether oxygens (including phenoxy) is 2. The summed E-state index contributed by atoms with van der Waals surface area (Å²) in [5.74, 6) is -2.24. The van der Waals surface area contributed by atoms with Gasteiger partial charge in [0, 0.05) is 12.7 Å². The van der Waals surface area contributed by atoms with Gasteiger partial charge in [0.1, 0.15) is 12.4 Å². The number of aryl methyl sites for hydroxylation is 2. The van der Waals surface area contributed by atoms with E-state index in [4.69, 9.17) is 14.0 Å². The number of rotatable bonds is 13. The Balaban J connectivity index is 1.76. The molecule has 0 saturated carbocycles. The van der Waals surface area contributed by atoms with Crippen LogP contribution in [-0.4, -0.2) is 60.0 Å². The zero-order valence-corrected chi connectivity index (χ0v) is 28.1. The molecule has 1 aliphatic rings. The lowest BCUT2D eigenvalue weighted by Crippen LogP contribution is -2.36. The Morgan fingerprint density at radius 3 is 2.40 bits per heavy atom. The van der Waals surface area contributed by atoms with Crippen molar-refractivity contribution in [1.29, 1.82) is 0 Å². The van der Waals surface area contributed by atoms with Crippen LogP contribution in [0.25, 0.3) is 11.1 Å². The first kappa shape index (κ1) is 35.0. The number of carboxylic acids is 1. The summed E-state index contributed by atoms with van der Waals surface area (Å²) in [5.41, 5.74) is 6.91. The summed E-state index contributed by atoms with van der Waals surface area (Å²) in [6.45, 7) is 10.4. The van der Waals surface area contributed by atoms with E-state index < -0.39 is 43.9 Å². The van der Waals surface area contributed by atoms with Crippen LogP contribution in [0.4, 0.5) is 11.4 Å². The molecule has 0 aromatic heterocycles. The smallest absolute Gasteiger partial charge is 0.342 e. The Hall–Kier alpha value is -4.84. The minimum Gasteiger partial charge on any atom is -0.478 e. The molecule has 2 atom stereocenters. The molecule has 0 aliphatic carbocycles. The average molecular weight is 664 g/mol. The minimum absolute atomic E-state index is 0.00255. The van der Waals surface area contributed by atoms with Gasteiger partial charge in [-0.3, -0.25) is 19.6 Å². The Bertz CT molecular complexity index is 1810. The highest BCUT2D eigenvalue weighted by Gasteiger charge is 2.34. The van der Waals surface area contributed by atoms with Crippen LogP contribution < -0.4 is 20.0 Å². The van der Waals surface area contributed by atoms with Crippen molar-refractivity contribution in [2.45, 2.75) is 53.7 Å². The summed E-state index contributed by atoms with van der Waals surface area (Å²) in [7, 11) is -2.68. The normalized spacial score (nSPS) is 15.7. The van der Waals surface area contributed by atoms with Crippen LogP contribution in [0, 0.1) is 13.8 Å². The van der Waals surface area contributed by atoms with Gasteiger partial charge in [0.2, 0.25) is 0 Å². The van der Waals surface area contributed by atoms with E-state index in [-0.39, 0.29) is 22.7 Å². The van der Waals surface area contributed by atoms with Gasteiger partial charge in [0.05, 0.1) is 28.8 Å². The summed E-state index contributed by atoms with van der Waals surface area (Å²) < 4.78 is 30.9. The molecule has 0 spiro atoms. The number of amides is 1. The highest BCUT2D eigenvalue weighted by atomic mass is 31.2. The maximum atomic E-state index is 14.2. The first-order valence-corrected chi connectivity index (χ1v) is 16.6. The fourth-order valence-corrected chi connectivity index (χ4v) is 6.34. The maximum Gasteiger partial charge on any atom is 0.342 e. The van der Waals surface area contributed by atoms with E-state index in [1.54, 1.807) is 57.2 Å². The van der Waals surface area contributed by atoms with Gasteiger partial charge >= 0.3 is 25.4 Å². The van der Waals surface area contributed by atoms with Crippen molar-refractivity contribution >= 4 is 48.2 Å². The topological polar surface area (TPSA) is 168 Å². The van der Waals surface area contributed by atoms with Crippen LogP contribution in [0.3, 0.4) is 0 Å². The molecule has 4 rings (SSSR count). The van der Waals surface area contributed by atoms with Crippen LogP contribution in [0.15, 0.2) is 70.9 Å². The van der Waals surface area contributed by atoms with Crippen molar-refractivity contribution < 1.29 is 38.1 Å². The number of carbonyl (C=O) groups excluding carboxylic acids is 2. The summed E-state index contributed by atoms with van der Waals surface area (Å²) >= 11 is 0. The number of nitrogens with one attached hydrogen (secondary N) is 2. The lowest BCUT2D eigenvalue weighted by Gasteiger charge is -2.25. The number of carbonyl (C=O) groups is 3. The Morgan fingerprint density at radius 2 is 1.74 bits per heavy atom. The SMILES string of the molecule is COCP(=O)(NC(C)C(=O)OC(C)C)Oc1c(N/N=C2\C(=O)N(c3ccc(C)c(C)c3)N=C2C)cccc1-c1cccc(C(=O)O)c1. The van der Waals surface area contributed by atoms with Gasteiger partial charge in [0.25, 0.3) is 0 Å². The van der Waals surface area contributed by atoms with Gasteiger partial charge < -0.3 is 19.1 Å². The highest BCUT2D eigenvalue weighted by Crippen LogP contribution is 2.49. The monoisotopic (exact) mass is 663 g/mol. The Kier molecular flexibility index (Phi) is 11.0. The predicted octanol–water partition coefficient (Wildman–Crippen LogP) is 5.96. The summed E-state index contributed by atoms with van der Waals surface area (Å²) in [6, 6.07) is 15.5. The van der Waals surface area contributed by atoms with E-state index in [2.05, 4.69) is 20.7 Å². The average Bonchev–Trinajstić information content (AvgIpc) is 3.30. The summed E-state index contributed by atoms with van der Waals surface area (Å²) in [4.78, 5) is 37.8. The molecule has 3 N–H and O–H groups in total. The number of methoxy groups -OCH3 is 1. The molecule has 3 aromatic rings. The number of esters is 1. The lowest BCUT2D eigenvalue weighted by atomic mass is 10.0. The second-order valence-electron chi connectivity index (χ2n) is 11.2.